The van der Waals surface area contributed by atoms with E-state index in [-0.39, 0.29) is 0 Å². The highest BCUT2D eigenvalue weighted by atomic mass is 16.3. The molecule has 0 spiro atoms. The highest BCUT2D eigenvalue weighted by Gasteiger charge is 2.53. The van der Waals surface area contributed by atoms with Crippen LogP contribution >= 0.6 is 0 Å². The third-order valence-corrected chi connectivity index (χ3v) is 5.94. The zero-order chi connectivity index (χ0) is 13.9. The van der Waals surface area contributed by atoms with Gasteiger partial charge in [0.1, 0.15) is 0 Å². The molecule has 2 nitrogen and oxygen atoms in total. The Morgan fingerprint density at radius 1 is 1.05 bits per heavy atom. The van der Waals surface area contributed by atoms with Crippen LogP contribution in [0.4, 0.5) is 0 Å². The standard InChI is InChI=1S/C17H29NO/c1-3-14-7-5-9-16(11-14,13-18)17(19)10-6-8-15(4-2)12-17/h14-15,19H,3-12H2,1-2H3. The van der Waals surface area contributed by atoms with Crippen LogP contribution < -0.4 is 0 Å². The number of rotatable bonds is 3. The number of aliphatic hydroxyl groups is 1. The van der Waals surface area contributed by atoms with E-state index >= 15 is 0 Å². The van der Waals surface area contributed by atoms with Crippen LogP contribution in [0.1, 0.15) is 78.1 Å². The highest BCUT2D eigenvalue weighted by molar-refractivity contribution is 5.14. The molecule has 0 bridgehead atoms. The molecule has 0 aromatic rings. The van der Waals surface area contributed by atoms with Crippen LogP contribution in [0, 0.1) is 28.6 Å². The summed E-state index contributed by atoms with van der Waals surface area (Å²) in [5, 5.41) is 21.1. The van der Waals surface area contributed by atoms with Crippen LogP contribution in [0.15, 0.2) is 0 Å². The monoisotopic (exact) mass is 263 g/mol. The topological polar surface area (TPSA) is 44.0 Å². The summed E-state index contributed by atoms with van der Waals surface area (Å²) in [6, 6.07) is 2.59. The SMILES string of the molecule is CCC1CCCC(O)(C2(C#N)CCCC(CC)C2)C1. The van der Waals surface area contributed by atoms with Gasteiger partial charge in [0.15, 0.2) is 0 Å². The average molecular weight is 263 g/mol. The van der Waals surface area contributed by atoms with E-state index in [1.165, 1.54) is 12.8 Å². The Labute approximate surface area is 118 Å². The highest BCUT2D eigenvalue weighted by Crippen LogP contribution is 2.53. The van der Waals surface area contributed by atoms with Crippen molar-refractivity contribution in [1.29, 1.82) is 5.26 Å². The third-order valence-electron chi connectivity index (χ3n) is 5.94. The van der Waals surface area contributed by atoms with Crippen molar-refractivity contribution in [2.45, 2.75) is 83.7 Å². The van der Waals surface area contributed by atoms with E-state index in [1.54, 1.807) is 0 Å². The van der Waals surface area contributed by atoms with E-state index in [2.05, 4.69) is 19.9 Å². The molecule has 2 aliphatic rings. The first kappa shape index (κ1) is 14.9. The van der Waals surface area contributed by atoms with Crippen LogP contribution in [0.5, 0.6) is 0 Å². The van der Waals surface area contributed by atoms with E-state index in [0.717, 1.165) is 51.4 Å². The smallest absolute Gasteiger partial charge is 0.0863 e. The average Bonchev–Trinajstić information content (AvgIpc) is 2.47. The van der Waals surface area contributed by atoms with Crippen LogP contribution in [-0.4, -0.2) is 10.7 Å². The van der Waals surface area contributed by atoms with Gasteiger partial charge < -0.3 is 5.11 Å². The summed E-state index contributed by atoms with van der Waals surface area (Å²) in [4.78, 5) is 0. The van der Waals surface area contributed by atoms with Crippen molar-refractivity contribution >= 4 is 0 Å². The third kappa shape index (κ3) is 2.68. The van der Waals surface area contributed by atoms with E-state index < -0.39 is 11.0 Å². The van der Waals surface area contributed by atoms with Gasteiger partial charge >= 0.3 is 0 Å². The molecule has 2 rings (SSSR count). The second-order valence-electron chi connectivity index (χ2n) is 6.97. The molecular formula is C17H29NO. The van der Waals surface area contributed by atoms with Gasteiger partial charge in [-0.05, 0) is 37.5 Å². The summed E-state index contributed by atoms with van der Waals surface area (Å²) in [7, 11) is 0. The first-order chi connectivity index (χ1) is 9.09. The van der Waals surface area contributed by atoms with Gasteiger partial charge in [0, 0.05) is 0 Å². The molecule has 0 heterocycles. The Balaban J connectivity index is 2.21. The Morgan fingerprint density at radius 2 is 1.63 bits per heavy atom. The van der Waals surface area contributed by atoms with Crippen molar-refractivity contribution < 1.29 is 5.11 Å². The first-order valence-corrected chi connectivity index (χ1v) is 8.23. The van der Waals surface area contributed by atoms with Crippen LogP contribution in [0.2, 0.25) is 0 Å². The molecular weight excluding hydrogens is 234 g/mol. The number of nitrogens with zero attached hydrogens (tertiary/aromatic N) is 1. The van der Waals surface area contributed by atoms with Crippen molar-refractivity contribution in [3.8, 4) is 6.07 Å². The Morgan fingerprint density at radius 3 is 2.21 bits per heavy atom. The van der Waals surface area contributed by atoms with Gasteiger partial charge in [-0.15, -0.1) is 0 Å². The van der Waals surface area contributed by atoms with E-state index in [1.807, 2.05) is 0 Å². The second-order valence-corrected chi connectivity index (χ2v) is 6.97. The minimum atomic E-state index is -0.714. The number of nitriles is 1. The number of hydrogen-bond donors (Lipinski definition) is 1. The quantitative estimate of drug-likeness (QED) is 0.818. The molecule has 0 radical (unpaired) electrons. The molecule has 0 aromatic carbocycles. The van der Waals surface area contributed by atoms with Crippen LogP contribution in [-0.2, 0) is 0 Å². The summed E-state index contributed by atoms with van der Waals surface area (Å²) in [5.41, 5.74) is -1.17. The van der Waals surface area contributed by atoms with Crippen molar-refractivity contribution in [2.75, 3.05) is 0 Å². The maximum Gasteiger partial charge on any atom is 0.0863 e. The van der Waals surface area contributed by atoms with E-state index in [4.69, 9.17) is 0 Å². The predicted molar refractivity (Wildman–Crippen MR) is 77.5 cm³/mol. The van der Waals surface area contributed by atoms with E-state index in [9.17, 15) is 10.4 Å². The van der Waals surface area contributed by atoms with Gasteiger partial charge in [-0.1, -0.05) is 52.4 Å². The molecule has 108 valence electrons. The molecule has 0 aromatic heterocycles. The molecule has 19 heavy (non-hydrogen) atoms. The summed E-state index contributed by atoms with van der Waals surface area (Å²) >= 11 is 0. The molecule has 0 amide bonds. The maximum atomic E-state index is 11.2. The second kappa shape index (κ2) is 5.83. The molecule has 4 unspecified atom stereocenters. The lowest BCUT2D eigenvalue weighted by Gasteiger charge is -2.50. The van der Waals surface area contributed by atoms with Crippen molar-refractivity contribution in [1.82, 2.24) is 0 Å². The first-order valence-electron chi connectivity index (χ1n) is 8.23. The normalized spacial score (nSPS) is 43.7. The molecule has 4 atom stereocenters. The summed E-state index contributed by atoms with van der Waals surface area (Å²) in [6.45, 7) is 4.43. The van der Waals surface area contributed by atoms with Crippen LogP contribution in [0.25, 0.3) is 0 Å². The molecule has 1 N–H and O–H groups in total. The zero-order valence-electron chi connectivity index (χ0n) is 12.6. The van der Waals surface area contributed by atoms with Gasteiger partial charge in [0.05, 0.1) is 17.1 Å². The minimum absolute atomic E-state index is 0.459. The molecule has 0 aliphatic heterocycles. The summed E-state index contributed by atoms with van der Waals surface area (Å²) in [5.74, 6) is 1.26. The van der Waals surface area contributed by atoms with Gasteiger partial charge in [-0.25, -0.2) is 0 Å². The zero-order valence-corrected chi connectivity index (χ0v) is 12.6. The van der Waals surface area contributed by atoms with Gasteiger partial charge in [-0.2, -0.15) is 5.26 Å². The molecule has 2 saturated carbocycles. The fourth-order valence-corrected chi connectivity index (χ4v) is 4.51. The van der Waals surface area contributed by atoms with Crippen molar-refractivity contribution in [2.24, 2.45) is 17.3 Å². The van der Waals surface area contributed by atoms with Crippen LogP contribution in [0.3, 0.4) is 0 Å². The minimum Gasteiger partial charge on any atom is -0.388 e. The summed E-state index contributed by atoms with van der Waals surface area (Å²) in [6.07, 6.45) is 10.5. The van der Waals surface area contributed by atoms with Gasteiger partial charge in [0.25, 0.3) is 0 Å². The molecule has 2 fully saturated rings. The van der Waals surface area contributed by atoms with Crippen molar-refractivity contribution in [3.05, 3.63) is 0 Å². The van der Waals surface area contributed by atoms with Gasteiger partial charge in [0.2, 0.25) is 0 Å². The van der Waals surface area contributed by atoms with Gasteiger partial charge in [-0.3, -0.25) is 0 Å². The maximum absolute atomic E-state index is 11.2. The van der Waals surface area contributed by atoms with Crippen molar-refractivity contribution in [3.63, 3.8) is 0 Å². The largest absolute Gasteiger partial charge is 0.388 e. The fourth-order valence-electron chi connectivity index (χ4n) is 4.51. The molecule has 2 aliphatic carbocycles. The Hall–Kier alpha value is -0.550. The molecule has 0 saturated heterocycles. The lowest BCUT2D eigenvalue weighted by Crippen LogP contribution is -2.52. The Kier molecular flexibility index (Phi) is 4.56. The predicted octanol–water partition coefficient (Wildman–Crippen LogP) is 4.43. The summed E-state index contributed by atoms with van der Waals surface area (Å²) < 4.78 is 0. The Bertz CT molecular complexity index is 348. The number of hydrogen-bond acceptors (Lipinski definition) is 2. The van der Waals surface area contributed by atoms with E-state index in [0.29, 0.717) is 11.8 Å². The molecule has 2 heteroatoms. The fraction of sp³-hybridized carbons (Fsp3) is 0.941. The lowest BCUT2D eigenvalue weighted by atomic mass is 9.56. The lowest BCUT2D eigenvalue weighted by molar-refractivity contribution is -0.117.